The average Bonchev–Trinajstić information content (AvgIpc) is 2.36. The number of hydrogen-bond donors (Lipinski definition) is 0. The van der Waals surface area contributed by atoms with Crippen molar-refractivity contribution in [3.63, 3.8) is 0 Å². The van der Waals surface area contributed by atoms with E-state index in [0.717, 1.165) is 5.52 Å². The molecule has 1 atom stereocenters. The molecule has 2 aromatic rings. The van der Waals surface area contributed by atoms with E-state index in [1.165, 1.54) is 10.9 Å². The van der Waals surface area contributed by atoms with Gasteiger partial charge >= 0.3 is 0 Å². The number of pyridine rings is 1. The molecule has 2 rings (SSSR count). The van der Waals surface area contributed by atoms with Gasteiger partial charge in [-0.1, -0.05) is 39.0 Å². The first-order chi connectivity index (χ1) is 9.22. The maximum Gasteiger partial charge on any atom is 0.192 e. The summed E-state index contributed by atoms with van der Waals surface area (Å²) in [6, 6.07) is 10.4. The third-order valence-electron chi connectivity index (χ3n) is 4.40. The number of benzene rings is 1. The van der Waals surface area contributed by atoms with Crippen LogP contribution in [0.1, 0.15) is 39.4 Å². The molecule has 0 amide bonds. The van der Waals surface area contributed by atoms with Crippen LogP contribution in [-0.4, -0.2) is 13.3 Å². The lowest BCUT2D eigenvalue weighted by atomic mass is 10.1. The molecule has 108 valence electrons. The van der Waals surface area contributed by atoms with E-state index in [2.05, 4.69) is 70.0 Å². The number of fused-ring (bicyclic) bond motifs is 1. The molecule has 1 aromatic carbocycles. The quantitative estimate of drug-likeness (QED) is 0.713. The number of nitrogens with zero attached hydrogens (tertiary/aromatic N) is 1. The molecule has 1 heterocycles. The van der Waals surface area contributed by atoms with Crippen molar-refractivity contribution >= 4 is 19.2 Å². The van der Waals surface area contributed by atoms with Gasteiger partial charge in [0.05, 0.1) is 11.6 Å². The van der Waals surface area contributed by atoms with Gasteiger partial charge in [0.15, 0.2) is 8.32 Å². The molecule has 0 N–H and O–H groups in total. The van der Waals surface area contributed by atoms with Crippen molar-refractivity contribution in [3.05, 3.63) is 42.1 Å². The molecule has 0 fully saturated rings. The monoisotopic (exact) mass is 287 g/mol. The van der Waals surface area contributed by atoms with Gasteiger partial charge in [0.25, 0.3) is 0 Å². The van der Waals surface area contributed by atoms with E-state index in [1.807, 2.05) is 12.3 Å². The number of para-hydroxylation sites is 1. The van der Waals surface area contributed by atoms with Crippen LogP contribution in [0, 0.1) is 0 Å². The second-order valence-corrected chi connectivity index (χ2v) is 11.7. The van der Waals surface area contributed by atoms with Gasteiger partial charge in [-0.3, -0.25) is 4.98 Å². The normalized spacial score (nSPS) is 14.5. The summed E-state index contributed by atoms with van der Waals surface area (Å²) in [5.41, 5.74) is 2.27. The molecule has 0 saturated carbocycles. The van der Waals surface area contributed by atoms with Gasteiger partial charge in [0.1, 0.15) is 0 Å². The Balaban J connectivity index is 2.35. The summed E-state index contributed by atoms with van der Waals surface area (Å²) in [7, 11) is -1.76. The van der Waals surface area contributed by atoms with Gasteiger partial charge in [0.2, 0.25) is 0 Å². The summed E-state index contributed by atoms with van der Waals surface area (Å²) >= 11 is 0. The maximum absolute atomic E-state index is 6.51. The Kier molecular flexibility index (Phi) is 4.03. The molecule has 20 heavy (non-hydrogen) atoms. The Labute approximate surface area is 123 Å². The fourth-order valence-corrected chi connectivity index (χ4v) is 3.52. The highest BCUT2D eigenvalue weighted by Gasteiger charge is 2.38. The van der Waals surface area contributed by atoms with E-state index in [9.17, 15) is 0 Å². The second-order valence-electron chi connectivity index (χ2n) is 6.94. The molecule has 0 spiro atoms. The first-order valence-electron chi connectivity index (χ1n) is 7.24. The predicted octanol–water partition coefficient (Wildman–Crippen LogP) is 5.32. The third-order valence-corrected chi connectivity index (χ3v) is 8.95. The van der Waals surface area contributed by atoms with E-state index in [1.54, 1.807) is 0 Å². The van der Waals surface area contributed by atoms with E-state index < -0.39 is 8.32 Å². The molecule has 0 radical (unpaired) electrons. The maximum atomic E-state index is 6.51. The zero-order valence-electron chi connectivity index (χ0n) is 13.4. The van der Waals surface area contributed by atoms with Gasteiger partial charge in [-0.15, -0.1) is 0 Å². The fourth-order valence-electron chi connectivity index (χ4n) is 2.15. The van der Waals surface area contributed by atoms with Crippen LogP contribution in [0.4, 0.5) is 0 Å². The highest BCUT2D eigenvalue weighted by Crippen LogP contribution is 2.40. The Hall–Kier alpha value is -1.19. The standard InChI is InChI=1S/C17H25NOSi/c1-13(19-20(5,6)17(2,3)4)14-11-12-18-16-10-8-7-9-15(14)16/h7-13H,1-6H3. The smallest absolute Gasteiger partial charge is 0.192 e. The van der Waals surface area contributed by atoms with Crippen LogP contribution in [0.2, 0.25) is 18.1 Å². The molecule has 0 aliphatic rings. The van der Waals surface area contributed by atoms with Crippen LogP contribution in [-0.2, 0) is 4.43 Å². The summed E-state index contributed by atoms with van der Waals surface area (Å²) in [5.74, 6) is 0. The Morgan fingerprint density at radius 3 is 2.40 bits per heavy atom. The molecule has 2 nitrogen and oxygen atoms in total. The van der Waals surface area contributed by atoms with E-state index in [0.29, 0.717) is 0 Å². The average molecular weight is 287 g/mol. The van der Waals surface area contributed by atoms with Crippen LogP contribution in [0.5, 0.6) is 0 Å². The Morgan fingerprint density at radius 1 is 1.10 bits per heavy atom. The SMILES string of the molecule is CC(O[Si](C)(C)C(C)(C)C)c1ccnc2ccccc12. The summed E-state index contributed by atoms with van der Waals surface area (Å²) in [4.78, 5) is 4.43. The van der Waals surface area contributed by atoms with Crippen molar-refractivity contribution in [1.82, 2.24) is 4.98 Å². The molecular formula is C17H25NOSi. The van der Waals surface area contributed by atoms with Crippen LogP contribution < -0.4 is 0 Å². The molecule has 0 saturated heterocycles. The topological polar surface area (TPSA) is 22.1 Å². The zero-order chi connectivity index (χ0) is 15.0. The van der Waals surface area contributed by atoms with Crippen LogP contribution in [0.3, 0.4) is 0 Å². The van der Waals surface area contributed by atoms with Crippen molar-refractivity contribution in [3.8, 4) is 0 Å². The van der Waals surface area contributed by atoms with Crippen molar-refractivity contribution < 1.29 is 4.43 Å². The molecule has 1 unspecified atom stereocenters. The number of rotatable bonds is 3. The zero-order valence-corrected chi connectivity index (χ0v) is 14.4. The van der Waals surface area contributed by atoms with Crippen molar-refractivity contribution in [1.29, 1.82) is 0 Å². The summed E-state index contributed by atoms with van der Waals surface area (Å²) in [6.45, 7) is 13.6. The summed E-state index contributed by atoms with van der Waals surface area (Å²) in [5, 5.41) is 1.42. The minimum Gasteiger partial charge on any atom is -0.410 e. The van der Waals surface area contributed by atoms with Gasteiger partial charge < -0.3 is 4.43 Å². The molecule has 0 aliphatic heterocycles. The van der Waals surface area contributed by atoms with E-state index in [4.69, 9.17) is 4.43 Å². The van der Waals surface area contributed by atoms with Crippen molar-refractivity contribution in [2.75, 3.05) is 0 Å². The first kappa shape index (κ1) is 15.2. The largest absolute Gasteiger partial charge is 0.410 e. The van der Waals surface area contributed by atoms with Crippen LogP contribution in [0.25, 0.3) is 10.9 Å². The molecule has 1 aromatic heterocycles. The lowest BCUT2D eigenvalue weighted by Gasteiger charge is -2.38. The first-order valence-corrected chi connectivity index (χ1v) is 10.1. The van der Waals surface area contributed by atoms with Gasteiger partial charge in [-0.05, 0) is 42.8 Å². The third kappa shape index (κ3) is 2.94. The van der Waals surface area contributed by atoms with Crippen LogP contribution >= 0.6 is 0 Å². The van der Waals surface area contributed by atoms with Crippen LogP contribution in [0.15, 0.2) is 36.5 Å². The van der Waals surface area contributed by atoms with Gasteiger partial charge in [-0.25, -0.2) is 0 Å². The minimum atomic E-state index is -1.76. The van der Waals surface area contributed by atoms with Gasteiger partial charge in [-0.2, -0.15) is 0 Å². The molecule has 3 heteroatoms. The Bertz CT molecular complexity index is 596. The molecule has 0 aliphatic carbocycles. The van der Waals surface area contributed by atoms with Crippen molar-refractivity contribution in [2.24, 2.45) is 0 Å². The summed E-state index contributed by atoms with van der Waals surface area (Å²) < 4.78 is 6.51. The van der Waals surface area contributed by atoms with Crippen molar-refractivity contribution in [2.45, 2.75) is 51.9 Å². The lowest BCUT2D eigenvalue weighted by molar-refractivity contribution is 0.204. The number of aromatic nitrogens is 1. The Morgan fingerprint density at radius 2 is 1.75 bits per heavy atom. The van der Waals surface area contributed by atoms with Gasteiger partial charge in [0, 0.05) is 11.6 Å². The van der Waals surface area contributed by atoms with E-state index in [-0.39, 0.29) is 11.1 Å². The highest BCUT2D eigenvalue weighted by atomic mass is 28.4. The summed E-state index contributed by atoms with van der Waals surface area (Å²) in [6.07, 6.45) is 1.98. The molecular weight excluding hydrogens is 262 g/mol. The lowest BCUT2D eigenvalue weighted by Crippen LogP contribution is -2.41. The fraction of sp³-hybridized carbons (Fsp3) is 0.471. The number of hydrogen-bond acceptors (Lipinski definition) is 2. The highest BCUT2D eigenvalue weighted by molar-refractivity contribution is 6.74. The minimum absolute atomic E-state index is 0.101. The molecule has 0 bridgehead atoms. The predicted molar refractivity (Wildman–Crippen MR) is 88.4 cm³/mol. The van der Waals surface area contributed by atoms with E-state index >= 15 is 0 Å². The second kappa shape index (κ2) is 5.30.